The van der Waals surface area contributed by atoms with Crippen LogP contribution in [0, 0.1) is 6.92 Å². The van der Waals surface area contributed by atoms with Crippen molar-refractivity contribution in [3.63, 3.8) is 0 Å². The first kappa shape index (κ1) is 11.1. The van der Waals surface area contributed by atoms with Crippen molar-refractivity contribution in [2.45, 2.75) is 6.92 Å². The lowest BCUT2D eigenvalue weighted by molar-refractivity contribution is 0.102. The summed E-state index contributed by atoms with van der Waals surface area (Å²) in [7, 11) is 0. The summed E-state index contributed by atoms with van der Waals surface area (Å²) in [6.45, 7) is 1.87. The van der Waals surface area contributed by atoms with Crippen molar-refractivity contribution in [3.8, 4) is 5.75 Å². The average molecular weight is 228 g/mol. The second kappa shape index (κ2) is 4.65. The molecule has 1 aromatic heterocycles. The number of hydrogen-bond acceptors (Lipinski definition) is 3. The number of rotatable bonds is 2. The molecule has 0 aliphatic carbocycles. The summed E-state index contributed by atoms with van der Waals surface area (Å²) < 4.78 is 0. The number of amides is 1. The van der Waals surface area contributed by atoms with E-state index in [9.17, 15) is 9.90 Å². The minimum atomic E-state index is -0.254. The maximum absolute atomic E-state index is 11.9. The van der Waals surface area contributed by atoms with Crippen molar-refractivity contribution >= 4 is 11.6 Å². The molecule has 86 valence electrons. The molecule has 0 fully saturated rings. The molecule has 2 aromatic rings. The highest BCUT2D eigenvalue weighted by molar-refractivity contribution is 6.04. The van der Waals surface area contributed by atoms with Crippen LogP contribution in [0.1, 0.15) is 15.9 Å². The molecule has 0 atom stereocenters. The molecule has 4 nitrogen and oxygen atoms in total. The number of pyridine rings is 1. The molecule has 0 aliphatic rings. The van der Waals surface area contributed by atoms with Gasteiger partial charge in [-0.2, -0.15) is 0 Å². The molecule has 17 heavy (non-hydrogen) atoms. The van der Waals surface area contributed by atoms with Crippen molar-refractivity contribution in [2.24, 2.45) is 0 Å². The molecule has 1 aromatic carbocycles. The zero-order chi connectivity index (χ0) is 12.3. The van der Waals surface area contributed by atoms with Gasteiger partial charge < -0.3 is 10.4 Å². The molecule has 0 aliphatic heterocycles. The third-order valence-electron chi connectivity index (χ3n) is 2.38. The van der Waals surface area contributed by atoms with Crippen LogP contribution < -0.4 is 5.32 Å². The predicted molar refractivity (Wildman–Crippen MR) is 65.0 cm³/mol. The lowest BCUT2D eigenvalue weighted by Gasteiger charge is -2.07. The van der Waals surface area contributed by atoms with Gasteiger partial charge in [-0.1, -0.05) is 6.07 Å². The third kappa shape index (κ3) is 2.60. The Labute approximate surface area is 98.9 Å². The molecule has 2 N–H and O–H groups in total. The van der Waals surface area contributed by atoms with E-state index in [1.807, 2.05) is 6.92 Å². The van der Waals surface area contributed by atoms with E-state index >= 15 is 0 Å². The van der Waals surface area contributed by atoms with Gasteiger partial charge in [0.15, 0.2) is 0 Å². The number of nitrogens with one attached hydrogen (secondary N) is 1. The number of anilines is 1. The van der Waals surface area contributed by atoms with Gasteiger partial charge in [-0.05, 0) is 36.8 Å². The van der Waals surface area contributed by atoms with Crippen LogP contribution in [0.4, 0.5) is 5.69 Å². The molecule has 4 heteroatoms. The standard InChI is InChI=1S/C13H12N2O2/c1-9-8-14-6-5-12(9)15-13(17)10-3-2-4-11(16)7-10/h2-8,16H,1H3,(H,14,15,17). The number of phenolic OH excluding ortho intramolecular Hbond substituents is 1. The molecule has 0 radical (unpaired) electrons. The van der Waals surface area contributed by atoms with Crippen LogP contribution >= 0.6 is 0 Å². The van der Waals surface area contributed by atoms with E-state index in [0.717, 1.165) is 5.56 Å². The highest BCUT2D eigenvalue weighted by atomic mass is 16.3. The van der Waals surface area contributed by atoms with Gasteiger partial charge in [0.05, 0.1) is 0 Å². The van der Waals surface area contributed by atoms with Crippen LogP contribution in [0.5, 0.6) is 5.75 Å². The minimum Gasteiger partial charge on any atom is -0.508 e. The maximum atomic E-state index is 11.9. The first-order valence-electron chi connectivity index (χ1n) is 5.18. The zero-order valence-corrected chi connectivity index (χ0v) is 9.34. The van der Waals surface area contributed by atoms with Crippen LogP contribution in [0.25, 0.3) is 0 Å². The van der Waals surface area contributed by atoms with Crippen LogP contribution in [0.2, 0.25) is 0 Å². The minimum absolute atomic E-state index is 0.0732. The normalized spacial score (nSPS) is 9.94. The number of aromatic nitrogens is 1. The summed E-state index contributed by atoms with van der Waals surface area (Å²) in [4.78, 5) is 15.8. The van der Waals surface area contributed by atoms with E-state index in [2.05, 4.69) is 10.3 Å². The Bertz CT molecular complexity index is 553. The first-order chi connectivity index (χ1) is 8.16. The Morgan fingerprint density at radius 1 is 1.35 bits per heavy atom. The van der Waals surface area contributed by atoms with Crippen LogP contribution in [-0.2, 0) is 0 Å². The molecule has 1 amide bonds. The summed E-state index contributed by atoms with van der Waals surface area (Å²) in [5, 5.41) is 12.1. The van der Waals surface area contributed by atoms with E-state index in [1.165, 1.54) is 12.1 Å². The van der Waals surface area contributed by atoms with Crippen molar-refractivity contribution in [1.29, 1.82) is 0 Å². The lowest BCUT2D eigenvalue weighted by atomic mass is 10.2. The van der Waals surface area contributed by atoms with Gasteiger partial charge in [-0.15, -0.1) is 0 Å². The Balaban J connectivity index is 2.20. The summed E-state index contributed by atoms with van der Waals surface area (Å²) in [5.74, 6) is -0.181. The average Bonchev–Trinajstić information content (AvgIpc) is 2.32. The molecule has 2 rings (SSSR count). The Hall–Kier alpha value is -2.36. The zero-order valence-electron chi connectivity index (χ0n) is 9.34. The van der Waals surface area contributed by atoms with Crippen LogP contribution in [-0.4, -0.2) is 16.0 Å². The molecular formula is C13H12N2O2. The summed E-state index contributed by atoms with van der Waals surface area (Å²) in [6.07, 6.45) is 3.29. The van der Waals surface area contributed by atoms with Crippen molar-refractivity contribution in [1.82, 2.24) is 4.98 Å². The highest BCUT2D eigenvalue weighted by Crippen LogP contribution is 2.15. The highest BCUT2D eigenvalue weighted by Gasteiger charge is 2.07. The van der Waals surface area contributed by atoms with Gasteiger partial charge in [0.25, 0.3) is 5.91 Å². The lowest BCUT2D eigenvalue weighted by Crippen LogP contribution is -2.12. The molecule has 1 heterocycles. The van der Waals surface area contributed by atoms with E-state index in [4.69, 9.17) is 0 Å². The number of carbonyl (C=O) groups excluding carboxylic acids is 1. The van der Waals surface area contributed by atoms with Gasteiger partial charge in [0.1, 0.15) is 5.75 Å². The number of benzene rings is 1. The number of carbonyl (C=O) groups is 1. The summed E-state index contributed by atoms with van der Waals surface area (Å²) >= 11 is 0. The largest absolute Gasteiger partial charge is 0.508 e. The fraction of sp³-hybridized carbons (Fsp3) is 0.0769. The molecule has 0 spiro atoms. The molecule has 0 bridgehead atoms. The quantitative estimate of drug-likeness (QED) is 0.829. The fourth-order valence-electron chi connectivity index (χ4n) is 1.46. The maximum Gasteiger partial charge on any atom is 0.255 e. The van der Waals surface area contributed by atoms with Crippen LogP contribution in [0.15, 0.2) is 42.7 Å². The van der Waals surface area contributed by atoms with E-state index in [1.54, 1.807) is 30.6 Å². The second-order valence-corrected chi connectivity index (χ2v) is 3.70. The summed E-state index contributed by atoms with van der Waals surface area (Å²) in [6, 6.07) is 7.95. The second-order valence-electron chi connectivity index (χ2n) is 3.70. The summed E-state index contributed by atoms with van der Waals surface area (Å²) in [5.41, 5.74) is 2.02. The van der Waals surface area contributed by atoms with Gasteiger partial charge in [0.2, 0.25) is 0 Å². The van der Waals surface area contributed by atoms with Crippen LogP contribution in [0.3, 0.4) is 0 Å². The number of phenols is 1. The van der Waals surface area contributed by atoms with E-state index < -0.39 is 0 Å². The molecule has 0 saturated carbocycles. The monoisotopic (exact) mass is 228 g/mol. The van der Waals surface area contributed by atoms with E-state index in [-0.39, 0.29) is 11.7 Å². The van der Waals surface area contributed by atoms with Gasteiger partial charge in [-0.3, -0.25) is 9.78 Å². The third-order valence-corrected chi connectivity index (χ3v) is 2.38. The molecule has 0 saturated heterocycles. The number of aryl methyl sites for hydroxylation is 1. The first-order valence-corrected chi connectivity index (χ1v) is 5.18. The van der Waals surface area contributed by atoms with Crippen molar-refractivity contribution < 1.29 is 9.90 Å². The number of nitrogens with zero attached hydrogens (tertiary/aromatic N) is 1. The van der Waals surface area contributed by atoms with Gasteiger partial charge >= 0.3 is 0 Å². The SMILES string of the molecule is Cc1cnccc1NC(=O)c1cccc(O)c1. The fourth-order valence-corrected chi connectivity index (χ4v) is 1.46. The van der Waals surface area contributed by atoms with Gasteiger partial charge in [0, 0.05) is 23.6 Å². The van der Waals surface area contributed by atoms with E-state index in [0.29, 0.717) is 11.3 Å². The predicted octanol–water partition coefficient (Wildman–Crippen LogP) is 2.35. The number of aromatic hydroxyl groups is 1. The topological polar surface area (TPSA) is 62.2 Å². The van der Waals surface area contributed by atoms with Crippen molar-refractivity contribution in [2.75, 3.05) is 5.32 Å². The molecular weight excluding hydrogens is 216 g/mol. The van der Waals surface area contributed by atoms with Gasteiger partial charge in [-0.25, -0.2) is 0 Å². The number of hydrogen-bond donors (Lipinski definition) is 2. The smallest absolute Gasteiger partial charge is 0.255 e. The Kier molecular flexibility index (Phi) is 3.05. The van der Waals surface area contributed by atoms with Crippen molar-refractivity contribution in [3.05, 3.63) is 53.9 Å². The Morgan fingerprint density at radius 2 is 2.18 bits per heavy atom. The molecule has 0 unspecified atom stereocenters. The Morgan fingerprint density at radius 3 is 2.88 bits per heavy atom.